The Kier molecular flexibility index (Phi) is 3.99. The number of hydrogen-bond donors (Lipinski definition) is 1. The predicted octanol–water partition coefficient (Wildman–Crippen LogP) is 4.26. The van der Waals surface area contributed by atoms with Crippen LogP contribution in [0.2, 0.25) is 5.02 Å². The van der Waals surface area contributed by atoms with E-state index in [9.17, 15) is 9.18 Å². The fraction of sp³-hybridized carbons (Fsp3) is 0.300. The molecule has 0 bridgehead atoms. The number of halogens is 2. The van der Waals surface area contributed by atoms with Crippen molar-refractivity contribution in [1.29, 1.82) is 0 Å². The molecule has 0 unspecified atom stereocenters. The van der Waals surface area contributed by atoms with Gasteiger partial charge in [-0.05, 0) is 25.0 Å². The number of pyridine rings is 1. The van der Waals surface area contributed by atoms with Crippen molar-refractivity contribution in [3.63, 3.8) is 0 Å². The molecule has 26 heavy (non-hydrogen) atoms. The van der Waals surface area contributed by atoms with Crippen molar-refractivity contribution in [2.45, 2.75) is 18.3 Å². The smallest absolute Gasteiger partial charge is 0.253 e. The highest BCUT2D eigenvalue weighted by atomic mass is 35.5. The normalized spacial score (nSPS) is 16.6. The molecule has 1 aliphatic heterocycles. The van der Waals surface area contributed by atoms with Gasteiger partial charge >= 0.3 is 0 Å². The van der Waals surface area contributed by atoms with Gasteiger partial charge in [0, 0.05) is 54.5 Å². The largest absolute Gasteiger partial charge is 0.369 e. The lowest BCUT2D eigenvalue weighted by Crippen LogP contribution is -2.25. The molecule has 2 heterocycles. The van der Waals surface area contributed by atoms with E-state index in [0.717, 1.165) is 30.8 Å². The summed E-state index contributed by atoms with van der Waals surface area (Å²) in [5.74, 6) is 0.0574. The number of anilines is 1. The van der Waals surface area contributed by atoms with Crippen LogP contribution >= 0.6 is 11.6 Å². The van der Waals surface area contributed by atoms with Crippen molar-refractivity contribution in [3.8, 4) is 11.1 Å². The summed E-state index contributed by atoms with van der Waals surface area (Å²) in [6.07, 6.45) is 7.71. The lowest BCUT2D eigenvalue weighted by molar-refractivity contribution is 0.0827. The molecule has 0 saturated heterocycles. The molecule has 6 heteroatoms. The van der Waals surface area contributed by atoms with Crippen molar-refractivity contribution >= 4 is 23.3 Å². The third kappa shape index (κ3) is 2.50. The SMILES string of the molecule is CN(C)C(=O)c1ccc(-c2cnc3c(c2Cl)C2(CC=CC2)CN3)c(F)c1. The van der Waals surface area contributed by atoms with Gasteiger partial charge in [0.2, 0.25) is 0 Å². The zero-order valence-electron chi connectivity index (χ0n) is 14.6. The average molecular weight is 372 g/mol. The standard InChI is InChI=1S/C20H19ClFN3O/c1-25(2)19(26)12-5-6-13(15(22)9-12)14-10-23-18-16(17(14)21)20(11-24-18)7-3-4-8-20/h3-6,9-10H,7-8,11H2,1-2H3,(H,23,24). The number of hydrogen-bond acceptors (Lipinski definition) is 3. The average Bonchev–Trinajstić information content (AvgIpc) is 3.23. The van der Waals surface area contributed by atoms with Crippen molar-refractivity contribution in [1.82, 2.24) is 9.88 Å². The second-order valence-electron chi connectivity index (χ2n) is 7.12. The van der Waals surface area contributed by atoms with Crippen LogP contribution in [0, 0.1) is 5.82 Å². The van der Waals surface area contributed by atoms with E-state index in [0.29, 0.717) is 21.7 Å². The molecule has 0 radical (unpaired) electrons. The Hall–Kier alpha value is -2.40. The van der Waals surface area contributed by atoms with Gasteiger partial charge in [-0.15, -0.1) is 0 Å². The van der Waals surface area contributed by atoms with Gasteiger partial charge in [-0.3, -0.25) is 4.79 Å². The zero-order chi connectivity index (χ0) is 18.5. The second kappa shape index (κ2) is 6.09. The minimum atomic E-state index is -0.481. The van der Waals surface area contributed by atoms with Crippen LogP contribution in [0.1, 0.15) is 28.8 Å². The van der Waals surface area contributed by atoms with E-state index in [1.165, 1.54) is 11.0 Å². The molecular formula is C20H19ClFN3O. The Morgan fingerprint density at radius 3 is 2.65 bits per heavy atom. The number of carbonyl (C=O) groups excluding carboxylic acids is 1. The highest BCUT2D eigenvalue weighted by molar-refractivity contribution is 6.34. The van der Waals surface area contributed by atoms with Crippen LogP contribution in [0.25, 0.3) is 11.1 Å². The van der Waals surface area contributed by atoms with E-state index in [1.807, 2.05) is 0 Å². The van der Waals surface area contributed by atoms with Gasteiger partial charge in [-0.1, -0.05) is 29.8 Å². The Morgan fingerprint density at radius 1 is 1.27 bits per heavy atom. The molecule has 0 atom stereocenters. The number of benzene rings is 1. The minimum Gasteiger partial charge on any atom is -0.369 e. The first-order chi connectivity index (χ1) is 12.4. The van der Waals surface area contributed by atoms with E-state index in [2.05, 4.69) is 22.5 Å². The van der Waals surface area contributed by atoms with E-state index in [4.69, 9.17) is 11.6 Å². The molecule has 1 amide bonds. The second-order valence-corrected chi connectivity index (χ2v) is 7.50. The van der Waals surface area contributed by atoms with Crippen LogP contribution in [-0.4, -0.2) is 36.4 Å². The number of fused-ring (bicyclic) bond motifs is 2. The van der Waals surface area contributed by atoms with E-state index in [1.54, 1.807) is 32.4 Å². The number of amides is 1. The quantitative estimate of drug-likeness (QED) is 0.802. The van der Waals surface area contributed by atoms with Crippen LogP contribution in [0.5, 0.6) is 0 Å². The molecule has 0 fully saturated rings. The number of nitrogens with zero attached hydrogens (tertiary/aromatic N) is 2. The molecule has 1 spiro atoms. The summed E-state index contributed by atoms with van der Waals surface area (Å²) in [6, 6.07) is 4.48. The van der Waals surface area contributed by atoms with Crippen LogP contribution in [0.3, 0.4) is 0 Å². The van der Waals surface area contributed by atoms with Crippen LogP contribution in [0.15, 0.2) is 36.5 Å². The molecule has 134 valence electrons. The third-order valence-electron chi connectivity index (χ3n) is 5.24. The van der Waals surface area contributed by atoms with E-state index < -0.39 is 5.82 Å². The van der Waals surface area contributed by atoms with Gasteiger partial charge in [0.1, 0.15) is 11.6 Å². The van der Waals surface area contributed by atoms with Gasteiger partial charge in [0.15, 0.2) is 0 Å². The number of aromatic nitrogens is 1. The molecule has 1 aromatic carbocycles. The summed E-state index contributed by atoms with van der Waals surface area (Å²) in [4.78, 5) is 17.9. The molecule has 2 aliphatic rings. The van der Waals surface area contributed by atoms with Crippen LogP contribution in [0.4, 0.5) is 10.2 Å². The topological polar surface area (TPSA) is 45.2 Å². The summed E-state index contributed by atoms with van der Waals surface area (Å²) in [7, 11) is 3.27. The zero-order valence-corrected chi connectivity index (χ0v) is 15.4. The number of rotatable bonds is 2. The van der Waals surface area contributed by atoms with Crippen molar-refractivity contribution in [2.75, 3.05) is 26.0 Å². The Morgan fingerprint density at radius 2 is 2.00 bits per heavy atom. The maximum atomic E-state index is 14.8. The summed E-state index contributed by atoms with van der Waals surface area (Å²) < 4.78 is 14.8. The number of carbonyl (C=O) groups is 1. The van der Waals surface area contributed by atoms with Gasteiger partial charge in [-0.2, -0.15) is 0 Å². The van der Waals surface area contributed by atoms with Gasteiger partial charge in [0.25, 0.3) is 5.91 Å². The maximum Gasteiger partial charge on any atom is 0.253 e. The molecular weight excluding hydrogens is 353 g/mol. The van der Waals surface area contributed by atoms with Crippen molar-refractivity contribution in [2.24, 2.45) is 0 Å². The Labute approximate surface area is 156 Å². The van der Waals surface area contributed by atoms with Gasteiger partial charge in [-0.25, -0.2) is 9.37 Å². The first-order valence-corrected chi connectivity index (χ1v) is 8.90. The number of nitrogens with one attached hydrogen (secondary N) is 1. The van der Waals surface area contributed by atoms with E-state index >= 15 is 0 Å². The summed E-state index contributed by atoms with van der Waals surface area (Å²) in [5.41, 5.74) is 2.09. The summed E-state index contributed by atoms with van der Waals surface area (Å²) in [5, 5.41) is 3.86. The highest BCUT2D eigenvalue weighted by Gasteiger charge is 2.42. The highest BCUT2D eigenvalue weighted by Crippen LogP contribution is 2.50. The monoisotopic (exact) mass is 371 g/mol. The van der Waals surface area contributed by atoms with Gasteiger partial charge in [0.05, 0.1) is 5.02 Å². The molecule has 4 nitrogen and oxygen atoms in total. The lowest BCUT2D eigenvalue weighted by atomic mass is 9.80. The molecule has 1 N–H and O–H groups in total. The first-order valence-electron chi connectivity index (χ1n) is 8.52. The molecule has 1 aromatic heterocycles. The van der Waals surface area contributed by atoms with Crippen LogP contribution < -0.4 is 5.32 Å². The fourth-order valence-corrected chi connectivity index (χ4v) is 4.25. The van der Waals surface area contributed by atoms with Gasteiger partial charge < -0.3 is 10.2 Å². The predicted molar refractivity (Wildman–Crippen MR) is 101 cm³/mol. The van der Waals surface area contributed by atoms with Crippen molar-refractivity contribution < 1.29 is 9.18 Å². The lowest BCUT2D eigenvalue weighted by Gasteiger charge is -2.24. The summed E-state index contributed by atoms with van der Waals surface area (Å²) in [6.45, 7) is 0.782. The number of allylic oxidation sites excluding steroid dienone is 2. The fourth-order valence-electron chi connectivity index (χ4n) is 3.81. The Balaban J connectivity index is 1.80. The van der Waals surface area contributed by atoms with E-state index in [-0.39, 0.29) is 11.3 Å². The maximum absolute atomic E-state index is 14.8. The molecule has 1 aliphatic carbocycles. The third-order valence-corrected chi connectivity index (χ3v) is 5.63. The van der Waals surface area contributed by atoms with Crippen LogP contribution in [-0.2, 0) is 5.41 Å². The summed E-state index contributed by atoms with van der Waals surface area (Å²) >= 11 is 6.73. The first kappa shape index (κ1) is 17.0. The molecule has 0 saturated carbocycles. The Bertz CT molecular complexity index is 931. The van der Waals surface area contributed by atoms with Crippen molar-refractivity contribution in [3.05, 3.63) is 58.5 Å². The molecule has 2 aromatic rings. The molecule has 4 rings (SSSR count). The minimum absolute atomic E-state index is 0.0905.